The fourth-order valence-corrected chi connectivity index (χ4v) is 3.27. The molecule has 2 aromatic rings. The largest absolute Gasteiger partial charge is 0.497 e. The molecule has 0 aliphatic carbocycles. The summed E-state index contributed by atoms with van der Waals surface area (Å²) in [6.45, 7) is 6.08. The third-order valence-electron chi connectivity index (χ3n) is 3.88. The first-order valence-electron chi connectivity index (χ1n) is 9.25. The highest BCUT2D eigenvalue weighted by Crippen LogP contribution is 2.29. The number of carbonyl (C=O) groups excluding carboxylic acids is 2. The van der Waals surface area contributed by atoms with Crippen molar-refractivity contribution in [3.8, 4) is 11.5 Å². The Labute approximate surface area is 176 Å². The Hall–Kier alpha value is -2.67. The van der Waals surface area contributed by atoms with E-state index in [1.54, 1.807) is 32.4 Å². The number of benzene rings is 2. The minimum absolute atomic E-state index is 0.00971. The highest BCUT2D eigenvalue weighted by molar-refractivity contribution is 8.00. The lowest BCUT2D eigenvalue weighted by molar-refractivity contribution is -0.118. The summed E-state index contributed by atoms with van der Waals surface area (Å²) in [7, 11) is 3.12. The number of carbonyl (C=O) groups is 2. The van der Waals surface area contributed by atoms with Crippen LogP contribution in [0.5, 0.6) is 11.5 Å². The molecule has 2 amide bonds. The van der Waals surface area contributed by atoms with Crippen molar-refractivity contribution in [3.63, 3.8) is 0 Å². The van der Waals surface area contributed by atoms with E-state index in [1.165, 1.54) is 11.8 Å². The summed E-state index contributed by atoms with van der Waals surface area (Å²) in [6, 6.07) is 12.7. The van der Waals surface area contributed by atoms with Gasteiger partial charge in [0, 0.05) is 23.1 Å². The molecule has 0 atom stereocenters. The zero-order chi connectivity index (χ0) is 21.4. The third-order valence-corrected chi connectivity index (χ3v) is 4.89. The van der Waals surface area contributed by atoms with Gasteiger partial charge in [-0.3, -0.25) is 9.59 Å². The summed E-state index contributed by atoms with van der Waals surface area (Å²) in [5.41, 5.74) is 1.25. The van der Waals surface area contributed by atoms with Gasteiger partial charge >= 0.3 is 0 Å². The molecule has 0 aliphatic rings. The number of methoxy groups -OCH3 is 2. The van der Waals surface area contributed by atoms with E-state index in [-0.39, 0.29) is 23.0 Å². The van der Waals surface area contributed by atoms with Crippen molar-refractivity contribution in [3.05, 3.63) is 42.5 Å². The summed E-state index contributed by atoms with van der Waals surface area (Å²) in [5, 5.41) is 5.74. The van der Waals surface area contributed by atoms with E-state index in [4.69, 9.17) is 9.47 Å². The first-order chi connectivity index (χ1) is 13.7. The first-order valence-corrected chi connectivity index (χ1v) is 10.2. The standard InChI is InChI=1S/C22H28N2O4S/c1-22(2,3)13-20(25)23-15-6-9-17(10-7-15)29-14-21(26)24-18-12-16(27-4)8-11-19(18)28-5/h6-12H,13-14H2,1-5H3,(H,23,25)(H,24,26). The SMILES string of the molecule is COc1ccc(OC)c(NC(=O)CSc2ccc(NC(=O)CC(C)(C)C)cc2)c1. The van der Waals surface area contributed by atoms with Crippen LogP contribution in [0.3, 0.4) is 0 Å². The average Bonchev–Trinajstić information content (AvgIpc) is 2.66. The van der Waals surface area contributed by atoms with Crippen LogP contribution in [0.25, 0.3) is 0 Å². The van der Waals surface area contributed by atoms with Crippen LogP contribution < -0.4 is 20.1 Å². The van der Waals surface area contributed by atoms with Crippen molar-refractivity contribution in [1.82, 2.24) is 0 Å². The lowest BCUT2D eigenvalue weighted by Gasteiger charge is -2.17. The summed E-state index contributed by atoms with van der Waals surface area (Å²) in [4.78, 5) is 25.3. The summed E-state index contributed by atoms with van der Waals surface area (Å²) in [5.74, 6) is 1.29. The van der Waals surface area contributed by atoms with Crippen molar-refractivity contribution >= 4 is 35.0 Å². The molecule has 0 saturated heterocycles. The molecule has 0 saturated carbocycles. The fourth-order valence-electron chi connectivity index (χ4n) is 2.57. The molecule has 6 nitrogen and oxygen atoms in total. The highest BCUT2D eigenvalue weighted by atomic mass is 32.2. The summed E-state index contributed by atoms with van der Waals surface area (Å²) in [6.07, 6.45) is 0.456. The van der Waals surface area contributed by atoms with Gasteiger partial charge in [-0.15, -0.1) is 11.8 Å². The van der Waals surface area contributed by atoms with Crippen molar-refractivity contribution in [2.45, 2.75) is 32.1 Å². The van der Waals surface area contributed by atoms with Crippen LogP contribution in [0.2, 0.25) is 0 Å². The Morgan fingerprint density at radius 1 is 0.931 bits per heavy atom. The maximum atomic E-state index is 12.3. The Bertz CT molecular complexity index is 845. The van der Waals surface area contributed by atoms with Crippen LogP contribution in [0.15, 0.2) is 47.4 Å². The second-order valence-corrected chi connectivity index (χ2v) is 8.76. The molecule has 2 N–H and O–H groups in total. The second kappa shape index (κ2) is 10.2. The van der Waals surface area contributed by atoms with Crippen LogP contribution in [-0.2, 0) is 9.59 Å². The predicted octanol–water partition coefficient (Wildman–Crippen LogP) is 4.81. The van der Waals surface area contributed by atoms with Crippen LogP contribution in [-0.4, -0.2) is 31.8 Å². The third kappa shape index (κ3) is 7.69. The Kier molecular flexibility index (Phi) is 7.96. The van der Waals surface area contributed by atoms with E-state index in [1.807, 2.05) is 45.0 Å². The molecule has 0 aliphatic heterocycles. The molecule has 0 aromatic heterocycles. The molecule has 2 rings (SSSR count). The number of ether oxygens (including phenoxy) is 2. The van der Waals surface area contributed by atoms with Gasteiger partial charge < -0.3 is 20.1 Å². The van der Waals surface area contributed by atoms with Crippen molar-refractivity contribution < 1.29 is 19.1 Å². The molecule has 0 fully saturated rings. The lowest BCUT2D eigenvalue weighted by Crippen LogP contribution is -2.19. The summed E-state index contributed by atoms with van der Waals surface area (Å²) >= 11 is 1.41. The normalized spacial score (nSPS) is 10.9. The number of amides is 2. The van der Waals surface area contributed by atoms with Gasteiger partial charge in [0.15, 0.2) is 0 Å². The maximum Gasteiger partial charge on any atom is 0.234 e. The predicted molar refractivity (Wildman–Crippen MR) is 118 cm³/mol. The van der Waals surface area contributed by atoms with Gasteiger partial charge in [0.1, 0.15) is 11.5 Å². The molecular formula is C22H28N2O4S. The van der Waals surface area contributed by atoms with Crippen molar-refractivity contribution in [2.24, 2.45) is 5.41 Å². The maximum absolute atomic E-state index is 12.3. The van der Waals surface area contributed by atoms with Crippen molar-refractivity contribution in [1.29, 1.82) is 0 Å². The monoisotopic (exact) mass is 416 g/mol. The molecule has 0 radical (unpaired) electrons. The van der Waals surface area contributed by atoms with E-state index in [9.17, 15) is 9.59 Å². The van der Waals surface area contributed by atoms with Gasteiger partial charge in [0.2, 0.25) is 11.8 Å². The van der Waals surface area contributed by atoms with E-state index in [0.29, 0.717) is 23.6 Å². The van der Waals surface area contributed by atoms with Gasteiger partial charge in [-0.05, 0) is 41.8 Å². The Morgan fingerprint density at radius 2 is 1.62 bits per heavy atom. The molecule has 0 bridgehead atoms. The minimum atomic E-state index is -0.149. The average molecular weight is 417 g/mol. The van der Waals surface area contributed by atoms with E-state index < -0.39 is 0 Å². The smallest absolute Gasteiger partial charge is 0.234 e. The number of hydrogen-bond acceptors (Lipinski definition) is 5. The van der Waals surface area contributed by atoms with Gasteiger partial charge in [0.25, 0.3) is 0 Å². The molecule has 0 heterocycles. The zero-order valence-electron chi connectivity index (χ0n) is 17.5. The van der Waals surface area contributed by atoms with E-state index in [2.05, 4.69) is 10.6 Å². The second-order valence-electron chi connectivity index (χ2n) is 7.71. The molecular weight excluding hydrogens is 388 g/mol. The molecule has 2 aromatic carbocycles. The number of rotatable bonds is 8. The topological polar surface area (TPSA) is 76.7 Å². The number of nitrogens with one attached hydrogen (secondary N) is 2. The zero-order valence-corrected chi connectivity index (χ0v) is 18.3. The van der Waals surface area contributed by atoms with Crippen LogP contribution in [0, 0.1) is 5.41 Å². The van der Waals surface area contributed by atoms with Crippen molar-refractivity contribution in [2.75, 3.05) is 30.6 Å². The summed E-state index contributed by atoms with van der Waals surface area (Å²) < 4.78 is 10.5. The van der Waals surface area contributed by atoms with Gasteiger partial charge in [-0.25, -0.2) is 0 Å². The molecule has 29 heavy (non-hydrogen) atoms. The quantitative estimate of drug-likeness (QED) is 0.604. The highest BCUT2D eigenvalue weighted by Gasteiger charge is 2.16. The van der Waals surface area contributed by atoms with Crippen LogP contribution >= 0.6 is 11.8 Å². The molecule has 156 valence electrons. The van der Waals surface area contributed by atoms with E-state index >= 15 is 0 Å². The van der Waals surface area contributed by atoms with Crippen LogP contribution in [0.4, 0.5) is 11.4 Å². The number of anilines is 2. The van der Waals surface area contributed by atoms with Crippen LogP contribution in [0.1, 0.15) is 27.2 Å². The minimum Gasteiger partial charge on any atom is -0.497 e. The Balaban J connectivity index is 1.88. The molecule has 7 heteroatoms. The molecule has 0 unspecified atom stereocenters. The number of thioether (sulfide) groups is 1. The first kappa shape index (κ1) is 22.6. The van der Waals surface area contributed by atoms with Gasteiger partial charge in [-0.2, -0.15) is 0 Å². The van der Waals surface area contributed by atoms with E-state index in [0.717, 1.165) is 10.6 Å². The number of hydrogen-bond donors (Lipinski definition) is 2. The van der Waals surface area contributed by atoms with Gasteiger partial charge in [-0.1, -0.05) is 20.8 Å². The molecule has 0 spiro atoms. The lowest BCUT2D eigenvalue weighted by atomic mass is 9.92. The Morgan fingerprint density at radius 3 is 2.21 bits per heavy atom. The van der Waals surface area contributed by atoms with Gasteiger partial charge in [0.05, 0.1) is 25.7 Å². The fraction of sp³-hybridized carbons (Fsp3) is 0.364.